The van der Waals surface area contributed by atoms with Gasteiger partial charge in [0, 0.05) is 0 Å². The molecule has 0 N–H and O–H groups in total. The number of nitrogens with zero attached hydrogens (tertiary/aromatic N) is 2. The Morgan fingerprint density at radius 1 is 1.27 bits per heavy atom. The molecule has 0 amide bonds. The maximum Gasteiger partial charge on any atom is 0.234 e. The molecule has 60 valence electrons. The van der Waals surface area contributed by atoms with Crippen LogP contribution in [-0.2, 0) is 9.59 Å². The van der Waals surface area contributed by atoms with E-state index in [4.69, 9.17) is 11.6 Å². The van der Waals surface area contributed by atoms with Crippen molar-refractivity contribution in [2.45, 2.75) is 11.8 Å². The first-order valence-corrected chi connectivity index (χ1v) is 3.46. The molecule has 0 aliphatic carbocycles. The van der Waals surface area contributed by atoms with Crippen LogP contribution in [0, 0.1) is 0 Å². The second kappa shape index (κ2) is 7.16. The van der Waals surface area contributed by atoms with E-state index in [1.165, 1.54) is 12.2 Å². The first kappa shape index (κ1) is 10.0. The van der Waals surface area contributed by atoms with Crippen LogP contribution < -0.4 is 0 Å². The van der Waals surface area contributed by atoms with Crippen LogP contribution in [0.1, 0.15) is 6.42 Å². The summed E-state index contributed by atoms with van der Waals surface area (Å²) in [6.07, 6.45) is 3.27. The van der Waals surface area contributed by atoms with Crippen molar-refractivity contribution in [1.29, 1.82) is 0 Å². The summed E-state index contributed by atoms with van der Waals surface area (Å²) in [6, 6.07) is 0. The van der Waals surface area contributed by atoms with Crippen molar-refractivity contribution in [3.8, 4) is 0 Å². The molecule has 1 atom stereocenters. The summed E-state index contributed by atoms with van der Waals surface area (Å²) in [5, 5.41) is -0.256. The smallest absolute Gasteiger partial charge is 0.211 e. The van der Waals surface area contributed by atoms with Crippen LogP contribution in [0.15, 0.2) is 9.98 Å². The van der Waals surface area contributed by atoms with Gasteiger partial charge in [-0.05, 0) is 6.42 Å². The quantitative estimate of drug-likeness (QED) is 0.349. The summed E-state index contributed by atoms with van der Waals surface area (Å²) in [5.41, 5.74) is 0. The molecule has 0 saturated heterocycles. The van der Waals surface area contributed by atoms with E-state index >= 15 is 0 Å². The van der Waals surface area contributed by atoms with E-state index in [0.29, 0.717) is 13.0 Å². The number of carbonyl (C=O) groups excluding carboxylic acids is 2. The standard InChI is InChI=1S/C6H7ClN2O2/c7-6(3-9-5-11)1-2-8-4-10/h6H,1-3H2. The largest absolute Gasteiger partial charge is 0.234 e. The van der Waals surface area contributed by atoms with Gasteiger partial charge in [0.1, 0.15) is 0 Å². The van der Waals surface area contributed by atoms with Gasteiger partial charge in [-0.3, -0.25) is 0 Å². The number of hydrogen-bond acceptors (Lipinski definition) is 4. The highest BCUT2D eigenvalue weighted by Gasteiger charge is 2.01. The van der Waals surface area contributed by atoms with Gasteiger partial charge in [-0.1, -0.05) is 0 Å². The summed E-state index contributed by atoms with van der Waals surface area (Å²) in [5.74, 6) is 0. The number of alkyl halides is 1. The molecule has 0 aromatic rings. The van der Waals surface area contributed by atoms with Gasteiger partial charge >= 0.3 is 0 Å². The second-order valence-electron chi connectivity index (χ2n) is 1.79. The van der Waals surface area contributed by atoms with E-state index in [0.717, 1.165) is 0 Å². The highest BCUT2D eigenvalue weighted by atomic mass is 35.5. The molecule has 1 unspecified atom stereocenters. The fourth-order valence-electron chi connectivity index (χ4n) is 0.478. The van der Waals surface area contributed by atoms with Crippen molar-refractivity contribution in [1.82, 2.24) is 0 Å². The zero-order chi connectivity index (χ0) is 8.53. The minimum Gasteiger partial charge on any atom is -0.211 e. The van der Waals surface area contributed by atoms with E-state index < -0.39 is 0 Å². The van der Waals surface area contributed by atoms with Crippen LogP contribution in [0.4, 0.5) is 0 Å². The SMILES string of the molecule is O=C=NCCC(Cl)CN=C=O. The normalized spacial score (nSPS) is 11.0. The van der Waals surface area contributed by atoms with E-state index in [9.17, 15) is 9.59 Å². The molecular weight excluding hydrogens is 168 g/mol. The lowest BCUT2D eigenvalue weighted by molar-refractivity contribution is 0.559. The van der Waals surface area contributed by atoms with Crippen molar-refractivity contribution >= 4 is 23.8 Å². The molecule has 0 aliphatic heterocycles. The van der Waals surface area contributed by atoms with Crippen molar-refractivity contribution in [2.75, 3.05) is 13.1 Å². The summed E-state index contributed by atoms with van der Waals surface area (Å²) in [7, 11) is 0. The number of rotatable bonds is 5. The molecule has 0 spiro atoms. The van der Waals surface area contributed by atoms with Crippen LogP contribution in [0.25, 0.3) is 0 Å². The predicted molar refractivity (Wildman–Crippen MR) is 40.2 cm³/mol. The minimum atomic E-state index is -0.256. The summed E-state index contributed by atoms with van der Waals surface area (Å²) >= 11 is 5.63. The number of hydrogen-bond donors (Lipinski definition) is 0. The molecule has 5 heteroatoms. The summed E-state index contributed by atoms with van der Waals surface area (Å²) in [4.78, 5) is 25.7. The fourth-order valence-corrected chi connectivity index (χ4v) is 0.644. The Bertz CT molecular complexity index is 195. The molecule has 11 heavy (non-hydrogen) atoms. The minimum absolute atomic E-state index is 0.222. The van der Waals surface area contributed by atoms with Crippen LogP contribution in [0.2, 0.25) is 0 Å². The lowest BCUT2D eigenvalue weighted by Crippen LogP contribution is -2.04. The third kappa shape index (κ3) is 6.94. The van der Waals surface area contributed by atoms with Gasteiger partial charge in [0.25, 0.3) is 0 Å². The molecule has 0 rings (SSSR count). The third-order valence-electron chi connectivity index (χ3n) is 0.973. The number of aliphatic imine (C=N–C) groups is 2. The van der Waals surface area contributed by atoms with E-state index in [1.54, 1.807) is 0 Å². The van der Waals surface area contributed by atoms with Crippen LogP contribution >= 0.6 is 11.6 Å². The zero-order valence-corrected chi connectivity index (χ0v) is 6.54. The zero-order valence-electron chi connectivity index (χ0n) is 5.79. The molecular formula is C6H7ClN2O2. The molecule has 0 aromatic heterocycles. The second-order valence-corrected chi connectivity index (χ2v) is 2.41. The molecule has 0 fully saturated rings. The van der Waals surface area contributed by atoms with Crippen molar-refractivity contribution in [2.24, 2.45) is 9.98 Å². The van der Waals surface area contributed by atoms with Crippen molar-refractivity contribution in [3.63, 3.8) is 0 Å². The lowest BCUT2D eigenvalue weighted by Gasteiger charge is -1.99. The molecule has 0 aliphatic rings. The van der Waals surface area contributed by atoms with Crippen molar-refractivity contribution < 1.29 is 9.59 Å². The van der Waals surface area contributed by atoms with Crippen LogP contribution in [0.3, 0.4) is 0 Å². The van der Waals surface area contributed by atoms with Gasteiger partial charge in [-0.25, -0.2) is 19.6 Å². The molecule has 0 heterocycles. The Morgan fingerprint density at radius 3 is 2.45 bits per heavy atom. The van der Waals surface area contributed by atoms with E-state index in [2.05, 4.69) is 9.98 Å². The molecule has 0 saturated carbocycles. The molecule has 0 aromatic carbocycles. The first-order chi connectivity index (χ1) is 5.31. The van der Waals surface area contributed by atoms with E-state index in [-0.39, 0.29) is 11.9 Å². The Kier molecular flexibility index (Phi) is 6.54. The van der Waals surface area contributed by atoms with Crippen LogP contribution in [0.5, 0.6) is 0 Å². The average molecular weight is 175 g/mol. The molecule has 4 nitrogen and oxygen atoms in total. The molecule has 0 bridgehead atoms. The Labute approximate surface area is 69.0 Å². The molecule has 0 radical (unpaired) electrons. The summed E-state index contributed by atoms with van der Waals surface area (Å²) in [6.45, 7) is 0.547. The Balaban J connectivity index is 3.43. The van der Waals surface area contributed by atoms with Gasteiger partial charge in [-0.2, -0.15) is 0 Å². The first-order valence-electron chi connectivity index (χ1n) is 3.02. The van der Waals surface area contributed by atoms with Gasteiger partial charge in [-0.15, -0.1) is 11.6 Å². The third-order valence-corrected chi connectivity index (χ3v) is 1.33. The maximum absolute atomic E-state index is 9.60. The Hall–Kier alpha value is -0.950. The van der Waals surface area contributed by atoms with Crippen LogP contribution in [-0.4, -0.2) is 30.6 Å². The monoisotopic (exact) mass is 174 g/mol. The maximum atomic E-state index is 9.60. The number of halogens is 1. The average Bonchev–Trinajstić information content (AvgIpc) is 2.01. The van der Waals surface area contributed by atoms with Gasteiger partial charge < -0.3 is 0 Å². The lowest BCUT2D eigenvalue weighted by atomic mass is 10.3. The Morgan fingerprint density at radius 2 is 1.91 bits per heavy atom. The topological polar surface area (TPSA) is 58.9 Å². The fraction of sp³-hybridized carbons (Fsp3) is 0.667. The van der Waals surface area contributed by atoms with Crippen molar-refractivity contribution in [3.05, 3.63) is 0 Å². The summed E-state index contributed by atoms with van der Waals surface area (Å²) < 4.78 is 0. The van der Waals surface area contributed by atoms with Gasteiger partial charge in [0.05, 0.1) is 18.5 Å². The predicted octanol–water partition coefficient (Wildman–Crippen LogP) is 0.655. The number of isocyanates is 2. The van der Waals surface area contributed by atoms with Gasteiger partial charge in [0.2, 0.25) is 12.2 Å². The van der Waals surface area contributed by atoms with E-state index in [1.807, 2.05) is 0 Å². The highest BCUT2D eigenvalue weighted by Crippen LogP contribution is 2.01. The highest BCUT2D eigenvalue weighted by molar-refractivity contribution is 6.20. The van der Waals surface area contributed by atoms with Gasteiger partial charge in [0.15, 0.2) is 0 Å².